The largest absolute Gasteiger partial charge is 0.316 e. The Labute approximate surface area is 121 Å². The second kappa shape index (κ2) is 6.52. The molecular weight excluding hydrogens is 272 g/mol. The zero-order valence-corrected chi connectivity index (χ0v) is 12.9. The molecule has 0 fully saturated rings. The average molecular weight is 294 g/mol. The quantitative estimate of drug-likeness (QED) is 0.844. The first-order chi connectivity index (χ1) is 9.59. The van der Waals surface area contributed by atoms with Gasteiger partial charge in [-0.05, 0) is 37.1 Å². The highest BCUT2D eigenvalue weighted by Crippen LogP contribution is 2.24. The third-order valence-electron chi connectivity index (χ3n) is 3.53. The van der Waals surface area contributed by atoms with E-state index in [4.69, 9.17) is 0 Å². The molecule has 0 amide bonds. The number of aryl methyl sites for hydroxylation is 1. The first-order valence-corrected chi connectivity index (χ1v) is 8.45. The van der Waals surface area contributed by atoms with E-state index in [2.05, 4.69) is 5.32 Å². The molecule has 1 aromatic carbocycles. The van der Waals surface area contributed by atoms with Gasteiger partial charge in [-0.15, -0.1) is 0 Å². The van der Waals surface area contributed by atoms with Crippen molar-refractivity contribution in [2.24, 2.45) is 0 Å². The molecule has 110 valence electrons. The fourth-order valence-corrected chi connectivity index (χ4v) is 4.17. The van der Waals surface area contributed by atoms with Crippen LogP contribution in [0.25, 0.3) is 0 Å². The van der Waals surface area contributed by atoms with Crippen LogP contribution in [0.3, 0.4) is 0 Å². The molecule has 0 saturated carbocycles. The van der Waals surface area contributed by atoms with E-state index in [9.17, 15) is 8.42 Å². The highest BCUT2D eigenvalue weighted by molar-refractivity contribution is 7.89. The van der Waals surface area contributed by atoms with Crippen LogP contribution < -0.4 is 5.32 Å². The molecule has 0 unspecified atom stereocenters. The summed E-state index contributed by atoms with van der Waals surface area (Å²) in [5.74, 6) is 0. The van der Waals surface area contributed by atoms with Crippen molar-refractivity contribution < 1.29 is 8.42 Å². The summed E-state index contributed by atoms with van der Waals surface area (Å²) >= 11 is 0. The molecule has 0 spiro atoms. The van der Waals surface area contributed by atoms with Crippen molar-refractivity contribution in [2.45, 2.75) is 31.2 Å². The second-order valence-corrected chi connectivity index (χ2v) is 6.86. The Balaban J connectivity index is 2.42. The molecular formula is C15H22N2O2S. The van der Waals surface area contributed by atoms with E-state index in [0.29, 0.717) is 24.5 Å². The third kappa shape index (κ3) is 3.11. The van der Waals surface area contributed by atoms with Gasteiger partial charge in [0.05, 0.1) is 4.90 Å². The highest BCUT2D eigenvalue weighted by atomic mass is 32.2. The van der Waals surface area contributed by atoms with Gasteiger partial charge in [0, 0.05) is 19.6 Å². The van der Waals surface area contributed by atoms with Gasteiger partial charge in [-0.3, -0.25) is 0 Å². The van der Waals surface area contributed by atoms with E-state index in [1.54, 1.807) is 4.31 Å². The Hall–Kier alpha value is -1.17. The zero-order valence-electron chi connectivity index (χ0n) is 12.1. The average Bonchev–Trinajstić information content (AvgIpc) is 2.48. The fourth-order valence-electron chi connectivity index (χ4n) is 2.42. The Morgan fingerprint density at radius 2 is 2.10 bits per heavy atom. The molecule has 5 heteroatoms. The Morgan fingerprint density at radius 1 is 1.30 bits per heavy atom. The van der Waals surface area contributed by atoms with E-state index in [1.807, 2.05) is 44.3 Å². The molecule has 1 heterocycles. The predicted octanol–water partition coefficient (Wildman–Crippen LogP) is 1.92. The maximum atomic E-state index is 12.8. The number of hydrogen-bond acceptors (Lipinski definition) is 3. The first-order valence-electron chi connectivity index (χ1n) is 7.01. The standard InChI is InChI=1S/C15H22N2O2S/c1-3-14-8-7-13(12-16-2)11-15(14)20(18,19)17-9-5-4-6-10-17/h4-5,7-8,11,16H,3,6,9-10,12H2,1-2H3. The number of sulfonamides is 1. The molecule has 1 N–H and O–H groups in total. The van der Waals surface area contributed by atoms with Crippen molar-refractivity contribution in [3.05, 3.63) is 41.5 Å². The van der Waals surface area contributed by atoms with Gasteiger partial charge in [0.1, 0.15) is 0 Å². The smallest absolute Gasteiger partial charge is 0.243 e. The van der Waals surface area contributed by atoms with Gasteiger partial charge in [0.15, 0.2) is 0 Å². The van der Waals surface area contributed by atoms with Gasteiger partial charge in [-0.2, -0.15) is 4.31 Å². The van der Waals surface area contributed by atoms with Crippen LogP contribution in [-0.2, 0) is 23.0 Å². The molecule has 0 atom stereocenters. The van der Waals surface area contributed by atoms with Crippen LogP contribution in [0.5, 0.6) is 0 Å². The first kappa shape index (κ1) is 15.2. The van der Waals surface area contributed by atoms with Gasteiger partial charge in [-0.1, -0.05) is 31.2 Å². The predicted molar refractivity (Wildman–Crippen MR) is 81.1 cm³/mol. The molecule has 4 nitrogen and oxygen atoms in total. The van der Waals surface area contributed by atoms with Crippen LogP contribution >= 0.6 is 0 Å². The van der Waals surface area contributed by atoms with E-state index >= 15 is 0 Å². The highest BCUT2D eigenvalue weighted by Gasteiger charge is 2.26. The summed E-state index contributed by atoms with van der Waals surface area (Å²) in [5, 5.41) is 3.06. The molecule has 0 radical (unpaired) electrons. The lowest BCUT2D eigenvalue weighted by molar-refractivity contribution is 0.437. The summed E-state index contributed by atoms with van der Waals surface area (Å²) in [6, 6.07) is 5.73. The van der Waals surface area contributed by atoms with E-state index < -0.39 is 10.0 Å². The minimum atomic E-state index is -3.39. The minimum Gasteiger partial charge on any atom is -0.316 e. The molecule has 0 bridgehead atoms. The molecule has 0 aromatic heterocycles. The lowest BCUT2D eigenvalue weighted by Crippen LogP contribution is -2.34. The molecule has 0 saturated heterocycles. The van der Waals surface area contributed by atoms with Gasteiger partial charge in [0.25, 0.3) is 0 Å². The SMILES string of the molecule is CCc1ccc(CNC)cc1S(=O)(=O)N1CC=CCC1. The lowest BCUT2D eigenvalue weighted by Gasteiger charge is -2.24. The topological polar surface area (TPSA) is 49.4 Å². The van der Waals surface area contributed by atoms with Crippen LogP contribution in [0.2, 0.25) is 0 Å². The molecule has 20 heavy (non-hydrogen) atoms. The number of nitrogens with one attached hydrogen (secondary N) is 1. The fraction of sp³-hybridized carbons (Fsp3) is 0.467. The summed E-state index contributed by atoms with van der Waals surface area (Å²) < 4.78 is 27.2. The maximum Gasteiger partial charge on any atom is 0.243 e. The molecule has 2 rings (SSSR count). The van der Waals surface area contributed by atoms with Gasteiger partial charge in [-0.25, -0.2) is 8.42 Å². The van der Waals surface area contributed by atoms with E-state index in [1.165, 1.54) is 0 Å². The number of rotatable bonds is 5. The van der Waals surface area contributed by atoms with E-state index in [-0.39, 0.29) is 0 Å². The van der Waals surface area contributed by atoms with Crippen LogP contribution in [-0.4, -0.2) is 32.9 Å². The summed E-state index contributed by atoms with van der Waals surface area (Å²) in [5.41, 5.74) is 1.88. The van der Waals surface area contributed by atoms with Gasteiger partial charge in [0.2, 0.25) is 10.0 Å². The minimum absolute atomic E-state index is 0.461. The van der Waals surface area contributed by atoms with Crippen LogP contribution in [0.4, 0.5) is 0 Å². The third-order valence-corrected chi connectivity index (χ3v) is 5.48. The molecule has 1 aliphatic heterocycles. The Bertz CT molecular complexity index is 594. The number of benzene rings is 1. The van der Waals surface area contributed by atoms with Gasteiger partial charge >= 0.3 is 0 Å². The number of hydrogen-bond donors (Lipinski definition) is 1. The molecule has 1 aromatic rings. The summed E-state index contributed by atoms with van der Waals surface area (Å²) in [7, 11) is -1.53. The Morgan fingerprint density at radius 3 is 2.70 bits per heavy atom. The van der Waals surface area contributed by atoms with Crippen molar-refractivity contribution in [1.29, 1.82) is 0 Å². The maximum absolute atomic E-state index is 12.8. The van der Waals surface area contributed by atoms with Crippen LogP contribution in [0.1, 0.15) is 24.5 Å². The van der Waals surface area contributed by atoms with Crippen LogP contribution in [0.15, 0.2) is 35.2 Å². The summed E-state index contributed by atoms with van der Waals surface area (Å²) in [6.45, 7) is 3.70. The van der Waals surface area contributed by atoms with Crippen molar-refractivity contribution in [2.75, 3.05) is 20.1 Å². The second-order valence-electron chi connectivity index (χ2n) is 4.95. The number of nitrogens with zero attached hydrogens (tertiary/aromatic N) is 1. The summed E-state index contributed by atoms with van der Waals surface area (Å²) in [4.78, 5) is 0.461. The van der Waals surface area contributed by atoms with Gasteiger partial charge < -0.3 is 5.32 Å². The lowest BCUT2D eigenvalue weighted by atomic mass is 10.1. The van der Waals surface area contributed by atoms with Crippen molar-refractivity contribution in [1.82, 2.24) is 9.62 Å². The molecule has 1 aliphatic rings. The van der Waals surface area contributed by atoms with Crippen molar-refractivity contribution in [3.63, 3.8) is 0 Å². The molecule has 0 aliphatic carbocycles. The van der Waals surface area contributed by atoms with E-state index in [0.717, 1.165) is 24.0 Å². The van der Waals surface area contributed by atoms with Crippen molar-refractivity contribution in [3.8, 4) is 0 Å². The monoisotopic (exact) mass is 294 g/mol. The normalized spacial score (nSPS) is 16.5. The zero-order chi connectivity index (χ0) is 14.6. The summed E-state index contributed by atoms with van der Waals surface area (Å²) in [6.07, 6.45) is 5.46. The Kier molecular flexibility index (Phi) is 4.96. The van der Waals surface area contributed by atoms with Crippen molar-refractivity contribution >= 4 is 10.0 Å². The van der Waals surface area contributed by atoms with Crippen LogP contribution in [0, 0.1) is 0 Å².